The van der Waals surface area contributed by atoms with Gasteiger partial charge in [-0.3, -0.25) is 0 Å². The van der Waals surface area contributed by atoms with Crippen LogP contribution in [0.2, 0.25) is 0 Å². The number of hydrogen-bond donors (Lipinski definition) is 0. The van der Waals surface area contributed by atoms with Gasteiger partial charge in [-0.2, -0.15) is 0 Å². The van der Waals surface area contributed by atoms with Crippen molar-refractivity contribution in [2.45, 2.75) is 31.8 Å². The molecule has 1 heteroatoms. The highest BCUT2D eigenvalue weighted by molar-refractivity contribution is 5.10. The van der Waals surface area contributed by atoms with E-state index in [9.17, 15) is 0 Å². The van der Waals surface area contributed by atoms with Crippen LogP contribution in [-0.2, 0) is 4.74 Å². The molecule has 0 saturated heterocycles. The molecule has 0 amide bonds. The van der Waals surface area contributed by atoms with Crippen molar-refractivity contribution in [1.82, 2.24) is 0 Å². The van der Waals surface area contributed by atoms with E-state index in [1.807, 2.05) is 7.11 Å². The second-order valence-electron chi connectivity index (χ2n) is 4.53. The molecule has 11 heavy (non-hydrogen) atoms. The van der Waals surface area contributed by atoms with Crippen molar-refractivity contribution >= 4 is 0 Å². The molecule has 0 N–H and O–H groups in total. The van der Waals surface area contributed by atoms with Gasteiger partial charge < -0.3 is 4.74 Å². The number of ether oxygens (including phenoxy) is 1. The Balaban J connectivity index is 1.78. The maximum Gasteiger partial charge on any atom is 0.0633 e. The van der Waals surface area contributed by atoms with Crippen LogP contribution in [-0.4, -0.2) is 13.2 Å². The fourth-order valence-electron chi connectivity index (χ4n) is 3.86. The van der Waals surface area contributed by atoms with Crippen LogP contribution in [0.15, 0.2) is 0 Å². The van der Waals surface area contributed by atoms with Gasteiger partial charge in [0, 0.05) is 7.11 Å². The largest absolute Gasteiger partial charge is 0.381 e. The number of rotatable bonds is 1. The number of hydrogen-bond acceptors (Lipinski definition) is 1. The van der Waals surface area contributed by atoms with Crippen molar-refractivity contribution in [3.63, 3.8) is 0 Å². The molecule has 0 spiro atoms. The summed E-state index contributed by atoms with van der Waals surface area (Å²) in [6, 6.07) is 0. The van der Waals surface area contributed by atoms with E-state index in [4.69, 9.17) is 4.74 Å². The lowest BCUT2D eigenvalue weighted by Gasteiger charge is -2.65. The molecule has 3 fully saturated rings. The van der Waals surface area contributed by atoms with Crippen LogP contribution in [0.5, 0.6) is 0 Å². The molecule has 1 nitrogen and oxygen atoms in total. The van der Waals surface area contributed by atoms with E-state index in [0.717, 1.165) is 23.7 Å². The highest BCUT2D eigenvalue weighted by atomic mass is 16.5. The van der Waals surface area contributed by atoms with Crippen LogP contribution in [0.1, 0.15) is 25.7 Å². The minimum Gasteiger partial charge on any atom is -0.381 e. The topological polar surface area (TPSA) is 9.23 Å². The van der Waals surface area contributed by atoms with E-state index in [0.29, 0.717) is 6.10 Å². The van der Waals surface area contributed by atoms with Crippen molar-refractivity contribution in [3.8, 4) is 0 Å². The lowest BCUT2D eigenvalue weighted by atomic mass is 9.42. The van der Waals surface area contributed by atoms with Gasteiger partial charge in [-0.05, 0) is 36.5 Å². The van der Waals surface area contributed by atoms with Crippen molar-refractivity contribution in [2.24, 2.45) is 23.7 Å². The molecule has 0 aromatic heterocycles. The molecule has 0 bridgehead atoms. The van der Waals surface area contributed by atoms with Crippen LogP contribution < -0.4 is 0 Å². The third-order valence-corrected chi connectivity index (χ3v) is 4.34. The van der Waals surface area contributed by atoms with Crippen molar-refractivity contribution in [2.75, 3.05) is 7.11 Å². The van der Waals surface area contributed by atoms with Gasteiger partial charge >= 0.3 is 0 Å². The summed E-state index contributed by atoms with van der Waals surface area (Å²) in [6.07, 6.45) is 6.60. The Labute approximate surface area is 68.1 Å². The molecular weight excluding hydrogens is 136 g/mol. The average molecular weight is 152 g/mol. The Morgan fingerprint density at radius 1 is 1.18 bits per heavy atom. The van der Waals surface area contributed by atoms with Gasteiger partial charge in [0.2, 0.25) is 0 Å². The summed E-state index contributed by atoms with van der Waals surface area (Å²) >= 11 is 0. The Morgan fingerprint density at radius 2 is 2.09 bits per heavy atom. The van der Waals surface area contributed by atoms with Gasteiger partial charge in [-0.15, -0.1) is 0 Å². The molecule has 0 aromatic rings. The van der Waals surface area contributed by atoms with E-state index in [-0.39, 0.29) is 0 Å². The van der Waals surface area contributed by atoms with Gasteiger partial charge in [-0.1, -0.05) is 12.8 Å². The molecule has 0 radical (unpaired) electrons. The van der Waals surface area contributed by atoms with Gasteiger partial charge in [-0.25, -0.2) is 0 Å². The van der Waals surface area contributed by atoms with E-state index >= 15 is 0 Å². The Kier molecular flexibility index (Phi) is 1.18. The molecule has 3 saturated carbocycles. The highest BCUT2D eigenvalue weighted by Gasteiger charge is 2.61. The SMILES string of the molecule is COC1C2CCCC3CC1C32. The zero-order valence-electron chi connectivity index (χ0n) is 7.12. The molecule has 62 valence electrons. The first-order valence-corrected chi connectivity index (χ1v) is 4.94. The fraction of sp³-hybridized carbons (Fsp3) is 1.00. The lowest BCUT2D eigenvalue weighted by molar-refractivity contribution is -0.226. The lowest BCUT2D eigenvalue weighted by Crippen LogP contribution is -2.64. The summed E-state index contributed by atoms with van der Waals surface area (Å²) < 4.78 is 5.51. The molecule has 3 aliphatic rings. The average Bonchev–Trinajstić information content (AvgIpc) is 1.93. The Morgan fingerprint density at radius 3 is 2.91 bits per heavy atom. The quantitative estimate of drug-likeness (QED) is 0.559. The van der Waals surface area contributed by atoms with Gasteiger partial charge in [0.1, 0.15) is 0 Å². The normalized spacial score (nSPS) is 59.2. The predicted octanol–water partition coefficient (Wildman–Crippen LogP) is 2.07. The summed E-state index contributed by atoms with van der Waals surface area (Å²) in [5.74, 6) is 4.17. The summed E-state index contributed by atoms with van der Waals surface area (Å²) in [5.41, 5.74) is 0. The third-order valence-electron chi connectivity index (χ3n) is 4.34. The van der Waals surface area contributed by atoms with E-state index in [2.05, 4.69) is 0 Å². The summed E-state index contributed by atoms with van der Waals surface area (Å²) in [6.45, 7) is 0. The number of methoxy groups -OCH3 is 1. The second kappa shape index (κ2) is 2.01. The van der Waals surface area contributed by atoms with E-state index < -0.39 is 0 Å². The van der Waals surface area contributed by atoms with Gasteiger partial charge in [0.25, 0.3) is 0 Å². The third kappa shape index (κ3) is 0.618. The maximum absolute atomic E-state index is 5.51. The predicted molar refractivity (Wildman–Crippen MR) is 43.2 cm³/mol. The molecule has 5 unspecified atom stereocenters. The first-order valence-electron chi connectivity index (χ1n) is 4.94. The molecule has 0 aromatic carbocycles. The molecular formula is C10H16O. The van der Waals surface area contributed by atoms with E-state index in [1.54, 1.807) is 0 Å². The summed E-state index contributed by atoms with van der Waals surface area (Å²) in [7, 11) is 1.89. The zero-order chi connectivity index (χ0) is 7.42. The minimum atomic E-state index is 0.663. The zero-order valence-corrected chi connectivity index (χ0v) is 7.12. The fourth-order valence-corrected chi connectivity index (χ4v) is 3.86. The van der Waals surface area contributed by atoms with Crippen LogP contribution in [0.3, 0.4) is 0 Å². The Hall–Kier alpha value is -0.0400. The van der Waals surface area contributed by atoms with Crippen LogP contribution in [0, 0.1) is 23.7 Å². The van der Waals surface area contributed by atoms with Crippen LogP contribution >= 0.6 is 0 Å². The summed E-state index contributed by atoms with van der Waals surface area (Å²) in [4.78, 5) is 0. The first-order chi connectivity index (χ1) is 5.42. The van der Waals surface area contributed by atoms with Crippen LogP contribution in [0.4, 0.5) is 0 Å². The molecule has 5 atom stereocenters. The first kappa shape index (κ1) is 6.47. The van der Waals surface area contributed by atoms with Gasteiger partial charge in [0.15, 0.2) is 0 Å². The molecule has 0 aliphatic heterocycles. The second-order valence-corrected chi connectivity index (χ2v) is 4.53. The molecule has 3 aliphatic carbocycles. The van der Waals surface area contributed by atoms with E-state index in [1.165, 1.54) is 25.7 Å². The molecule has 3 rings (SSSR count). The maximum atomic E-state index is 5.51. The van der Waals surface area contributed by atoms with Gasteiger partial charge in [0.05, 0.1) is 6.10 Å². The van der Waals surface area contributed by atoms with Crippen molar-refractivity contribution < 1.29 is 4.74 Å². The summed E-state index contributed by atoms with van der Waals surface area (Å²) in [5, 5.41) is 0. The Bertz CT molecular complexity index is 172. The van der Waals surface area contributed by atoms with Crippen molar-refractivity contribution in [1.29, 1.82) is 0 Å². The monoisotopic (exact) mass is 152 g/mol. The van der Waals surface area contributed by atoms with Crippen molar-refractivity contribution in [3.05, 3.63) is 0 Å². The smallest absolute Gasteiger partial charge is 0.0633 e. The highest BCUT2D eigenvalue weighted by Crippen LogP contribution is 2.64. The standard InChI is InChI=1S/C10H16O/c1-11-10-7-4-2-3-6-5-8(10)9(6)7/h6-10H,2-5H2,1H3. The minimum absolute atomic E-state index is 0.663. The van der Waals surface area contributed by atoms with Crippen LogP contribution in [0.25, 0.3) is 0 Å². The molecule has 0 heterocycles.